The monoisotopic (exact) mass is 257 g/mol. The highest BCUT2D eigenvalue weighted by Gasteiger charge is 2.20. The first-order valence-corrected chi connectivity index (χ1v) is 7.34. The molecule has 0 atom stereocenters. The molecule has 0 aliphatic carbocycles. The summed E-state index contributed by atoms with van der Waals surface area (Å²) in [5, 5.41) is 0. The Balaban J connectivity index is 2.95. The Hall–Kier alpha value is -1.30. The number of hydrogen-bond acceptors (Lipinski definition) is 4. The maximum atomic E-state index is 12.1. The van der Waals surface area contributed by atoms with Crippen molar-refractivity contribution < 1.29 is 8.42 Å². The minimum absolute atomic E-state index is 0.156. The normalized spacial score (nSPS) is 11.4. The van der Waals surface area contributed by atoms with E-state index in [4.69, 9.17) is 5.73 Å². The number of rotatable bonds is 6. The van der Waals surface area contributed by atoms with Gasteiger partial charge in [-0.25, -0.2) is 13.4 Å². The van der Waals surface area contributed by atoms with Gasteiger partial charge >= 0.3 is 0 Å². The highest BCUT2D eigenvalue weighted by Crippen LogP contribution is 2.17. The molecule has 1 heterocycles. The van der Waals surface area contributed by atoms with Gasteiger partial charge in [-0.3, -0.25) is 4.31 Å². The Morgan fingerprint density at radius 2 is 2.06 bits per heavy atom. The fourth-order valence-corrected chi connectivity index (χ4v) is 3.14. The Labute approximate surface area is 103 Å². The number of pyridine rings is 1. The maximum Gasteiger partial charge on any atom is 0.236 e. The van der Waals surface area contributed by atoms with E-state index in [0.29, 0.717) is 24.5 Å². The summed E-state index contributed by atoms with van der Waals surface area (Å²) in [6, 6.07) is 3.28. The molecule has 17 heavy (non-hydrogen) atoms. The molecule has 0 spiro atoms. The summed E-state index contributed by atoms with van der Waals surface area (Å²) in [6.45, 7) is 4.14. The molecule has 1 rings (SSSR count). The number of nitrogen functional groups attached to an aromatic ring is 1. The summed E-state index contributed by atoms with van der Waals surface area (Å²) >= 11 is 0. The van der Waals surface area contributed by atoms with Crippen molar-refractivity contribution in [3.05, 3.63) is 18.3 Å². The van der Waals surface area contributed by atoms with E-state index in [0.717, 1.165) is 6.42 Å². The first kappa shape index (κ1) is 13.8. The van der Waals surface area contributed by atoms with Crippen molar-refractivity contribution in [2.75, 3.05) is 22.3 Å². The van der Waals surface area contributed by atoms with Crippen molar-refractivity contribution in [2.45, 2.75) is 26.7 Å². The summed E-state index contributed by atoms with van der Waals surface area (Å²) in [5.41, 5.74) is 6.05. The van der Waals surface area contributed by atoms with Crippen molar-refractivity contribution >= 4 is 21.5 Å². The second-order valence-corrected chi connectivity index (χ2v) is 5.80. The third-order valence-corrected chi connectivity index (χ3v) is 4.33. The zero-order chi connectivity index (χ0) is 12.9. The third-order valence-electron chi connectivity index (χ3n) is 2.41. The Kier molecular flexibility index (Phi) is 4.74. The number of sulfonamides is 1. The molecule has 96 valence electrons. The molecular formula is C11H19N3O2S. The minimum Gasteiger partial charge on any atom is -0.397 e. The molecule has 5 nitrogen and oxygen atoms in total. The summed E-state index contributed by atoms with van der Waals surface area (Å²) in [6.07, 6.45) is 2.98. The van der Waals surface area contributed by atoms with Gasteiger partial charge in [-0.2, -0.15) is 0 Å². The predicted octanol–water partition coefficient (Wildman–Crippen LogP) is 1.62. The summed E-state index contributed by atoms with van der Waals surface area (Å²) in [4.78, 5) is 4.05. The van der Waals surface area contributed by atoms with Gasteiger partial charge in [-0.1, -0.05) is 13.3 Å². The molecule has 1 aromatic heterocycles. The van der Waals surface area contributed by atoms with Crippen LogP contribution in [0.5, 0.6) is 0 Å². The standard InChI is InChI=1S/C11H19N3O2S/c1-3-5-8-17(15,16)14(4-2)11-7-6-10(12)9-13-11/h6-7,9H,3-5,8,12H2,1-2H3. The second-order valence-electron chi connectivity index (χ2n) is 3.78. The van der Waals surface area contributed by atoms with Gasteiger partial charge < -0.3 is 5.73 Å². The fraction of sp³-hybridized carbons (Fsp3) is 0.545. The van der Waals surface area contributed by atoms with Crippen LogP contribution in [0.25, 0.3) is 0 Å². The number of nitrogens with two attached hydrogens (primary N) is 1. The number of aromatic nitrogens is 1. The number of nitrogens with zero attached hydrogens (tertiary/aromatic N) is 2. The molecule has 0 aromatic carbocycles. The van der Waals surface area contributed by atoms with E-state index in [9.17, 15) is 8.42 Å². The largest absolute Gasteiger partial charge is 0.397 e. The van der Waals surface area contributed by atoms with Crippen molar-refractivity contribution in [3.63, 3.8) is 0 Å². The molecule has 0 fully saturated rings. The van der Waals surface area contributed by atoms with E-state index < -0.39 is 10.0 Å². The zero-order valence-corrected chi connectivity index (χ0v) is 11.1. The Morgan fingerprint density at radius 3 is 2.53 bits per heavy atom. The summed E-state index contributed by atoms with van der Waals surface area (Å²) in [7, 11) is -3.27. The number of hydrogen-bond donors (Lipinski definition) is 1. The van der Waals surface area contributed by atoms with Crippen LogP contribution in [0.4, 0.5) is 11.5 Å². The van der Waals surface area contributed by atoms with E-state index in [1.807, 2.05) is 6.92 Å². The molecule has 0 amide bonds. The van der Waals surface area contributed by atoms with Crippen molar-refractivity contribution in [2.24, 2.45) is 0 Å². The molecule has 0 saturated heterocycles. The van der Waals surface area contributed by atoms with Crippen LogP contribution >= 0.6 is 0 Å². The molecule has 0 aliphatic rings. The Bertz CT molecular complexity index is 442. The molecule has 0 unspecified atom stereocenters. The van der Waals surface area contributed by atoms with E-state index in [2.05, 4.69) is 4.98 Å². The van der Waals surface area contributed by atoms with Gasteiger partial charge in [0.25, 0.3) is 0 Å². The molecular weight excluding hydrogens is 238 g/mol. The van der Waals surface area contributed by atoms with Gasteiger partial charge in [0.05, 0.1) is 17.6 Å². The third kappa shape index (κ3) is 3.59. The van der Waals surface area contributed by atoms with Crippen LogP contribution in [-0.4, -0.2) is 25.7 Å². The smallest absolute Gasteiger partial charge is 0.236 e. The van der Waals surface area contributed by atoms with Crippen molar-refractivity contribution in [1.82, 2.24) is 4.98 Å². The minimum atomic E-state index is -3.27. The molecule has 0 saturated carbocycles. The lowest BCUT2D eigenvalue weighted by Gasteiger charge is -2.21. The van der Waals surface area contributed by atoms with Gasteiger partial charge in [0, 0.05) is 6.54 Å². The van der Waals surface area contributed by atoms with Gasteiger partial charge in [-0.05, 0) is 25.5 Å². The van der Waals surface area contributed by atoms with E-state index in [1.54, 1.807) is 19.1 Å². The van der Waals surface area contributed by atoms with E-state index in [1.165, 1.54) is 10.5 Å². The van der Waals surface area contributed by atoms with Gasteiger partial charge in [0.1, 0.15) is 5.82 Å². The fourth-order valence-electron chi connectivity index (χ4n) is 1.48. The first-order chi connectivity index (χ1) is 8.01. The zero-order valence-electron chi connectivity index (χ0n) is 10.3. The Morgan fingerprint density at radius 1 is 1.35 bits per heavy atom. The van der Waals surface area contributed by atoms with Crippen LogP contribution in [0.15, 0.2) is 18.3 Å². The quantitative estimate of drug-likeness (QED) is 0.840. The lowest BCUT2D eigenvalue weighted by Crippen LogP contribution is -2.33. The van der Waals surface area contributed by atoms with Gasteiger partial charge in [0.2, 0.25) is 10.0 Å². The van der Waals surface area contributed by atoms with Crippen LogP contribution in [0, 0.1) is 0 Å². The lowest BCUT2D eigenvalue weighted by molar-refractivity contribution is 0.588. The van der Waals surface area contributed by atoms with Crippen molar-refractivity contribution in [1.29, 1.82) is 0 Å². The van der Waals surface area contributed by atoms with Gasteiger partial charge in [-0.15, -0.1) is 0 Å². The van der Waals surface area contributed by atoms with Gasteiger partial charge in [0.15, 0.2) is 0 Å². The highest BCUT2D eigenvalue weighted by atomic mass is 32.2. The SMILES string of the molecule is CCCCS(=O)(=O)N(CC)c1ccc(N)cn1. The number of unbranched alkanes of at least 4 members (excludes halogenated alkanes) is 1. The van der Waals surface area contributed by atoms with E-state index in [-0.39, 0.29) is 5.75 Å². The molecule has 0 bridgehead atoms. The van der Waals surface area contributed by atoms with Crippen LogP contribution in [0.3, 0.4) is 0 Å². The van der Waals surface area contributed by atoms with E-state index >= 15 is 0 Å². The molecule has 1 aromatic rings. The molecule has 0 aliphatic heterocycles. The second kappa shape index (κ2) is 5.86. The molecule has 6 heteroatoms. The first-order valence-electron chi connectivity index (χ1n) is 5.73. The van der Waals surface area contributed by atoms with Crippen LogP contribution in [-0.2, 0) is 10.0 Å². The lowest BCUT2D eigenvalue weighted by atomic mass is 10.4. The average molecular weight is 257 g/mol. The predicted molar refractivity (Wildman–Crippen MR) is 70.4 cm³/mol. The summed E-state index contributed by atoms with van der Waals surface area (Å²) in [5.74, 6) is 0.585. The maximum absolute atomic E-state index is 12.1. The van der Waals surface area contributed by atoms with Crippen molar-refractivity contribution in [3.8, 4) is 0 Å². The van der Waals surface area contributed by atoms with Crippen LogP contribution in [0.2, 0.25) is 0 Å². The van der Waals surface area contributed by atoms with Crippen LogP contribution in [0.1, 0.15) is 26.7 Å². The van der Waals surface area contributed by atoms with Crippen LogP contribution < -0.4 is 10.0 Å². The molecule has 0 radical (unpaired) electrons. The highest BCUT2D eigenvalue weighted by molar-refractivity contribution is 7.92. The number of anilines is 2. The molecule has 2 N–H and O–H groups in total. The summed E-state index contributed by atoms with van der Waals surface area (Å²) < 4.78 is 25.4. The topological polar surface area (TPSA) is 76.3 Å². The average Bonchev–Trinajstić information content (AvgIpc) is 2.30.